The molecule has 6 aromatic rings. The van der Waals surface area contributed by atoms with Crippen LogP contribution in [0.25, 0.3) is 22.2 Å². The van der Waals surface area contributed by atoms with Gasteiger partial charge in [-0.15, -0.1) is 11.3 Å². The van der Waals surface area contributed by atoms with Crippen molar-refractivity contribution in [3.63, 3.8) is 0 Å². The first-order chi connectivity index (χ1) is 23.6. The van der Waals surface area contributed by atoms with Crippen LogP contribution in [0, 0.1) is 11.6 Å². The highest BCUT2D eigenvalue weighted by molar-refractivity contribution is 9.10. The van der Waals surface area contributed by atoms with Crippen LogP contribution in [0.3, 0.4) is 0 Å². The molecule has 49 heavy (non-hydrogen) atoms. The molecule has 252 valence electrons. The fourth-order valence-electron chi connectivity index (χ4n) is 5.07. The second-order valence-electron chi connectivity index (χ2n) is 11.3. The van der Waals surface area contributed by atoms with E-state index in [0.29, 0.717) is 69.0 Å². The van der Waals surface area contributed by atoms with Gasteiger partial charge < -0.3 is 15.0 Å². The zero-order chi connectivity index (χ0) is 34.4. The summed E-state index contributed by atoms with van der Waals surface area (Å²) in [6.45, 7) is 1.27. The molecule has 0 atom stereocenters. The van der Waals surface area contributed by atoms with Crippen LogP contribution < -0.4 is 10.1 Å². The molecule has 14 heteroatoms. The molecule has 0 radical (unpaired) electrons. The maximum atomic E-state index is 15.3. The van der Waals surface area contributed by atoms with Gasteiger partial charge in [-0.05, 0) is 90.0 Å². The zero-order valence-corrected chi connectivity index (χ0v) is 29.5. The molecule has 0 unspecified atom stereocenters. The summed E-state index contributed by atoms with van der Waals surface area (Å²) in [4.78, 5) is 19.3. The number of sulfone groups is 1. The lowest BCUT2D eigenvalue weighted by atomic mass is 10.1. The summed E-state index contributed by atoms with van der Waals surface area (Å²) < 4.78 is 60.5. The van der Waals surface area contributed by atoms with E-state index >= 15 is 4.39 Å². The minimum Gasteiger partial charge on any atom is -0.488 e. The van der Waals surface area contributed by atoms with Crippen molar-refractivity contribution in [2.45, 2.75) is 24.5 Å². The van der Waals surface area contributed by atoms with E-state index in [2.05, 4.69) is 36.2 Å². The highest BCUT2D eigenvalue weighted by Crippen LogP contribution is 2.34. The molecule has 0 fully saturated rings. The van der Waals surface area contributed by atoms with Crippen molar-refractivity contribution in [2.75, 3.05) is 31.2 Å². The Labute approximate surface area is 295 Å². The van der Waals surface area contributed by atoms with Crippen molar-refractivity contribution in [1.82, 2.24) is 24.8 Å². The summed E-state index contributed by atoms with van der Waals surface area (Å²) in [6, 6.07) is 19.6. The van der Waals surface area contributed by atoms with Crippen molar-refractivity contribution in [1.29, 1.82) is 0 Å². The number of nitrogens with zero attached hydrogens (tertiary/aromatic N) is 5. The van der Waals surface area contributed by atoms with Gasteiger partial charge in [0.25, 0.3) is 0 Å². The predicted molar refractivity (Wildman–Crippen MR) is 191 cm³/mol. The minimum absolute atomic E-state index is 0.0152. The van der Waals surface area contributed by atoms with Gasteiger partial charge in [-0.2, -0.15) is 0 Å². The topological polar surface area (TPSA) is 110 Å². The number of nitrogens with one attached hydrogen (secondary N) is 1. The predicted octanol–water partition coefficient (Wildman–Crippen LogP) is 7.85. The monoisotopic (exact) mass is 764 g/mol. The quantitative estimate of drug-likeness (QED) is 0.119. The molecule has 0 saturated heterocycles. The number of thiazole rings is 1. The largest absolute Gasteiger partial charge is 0.488 e. The molecule has 1 N–H and O–H groups in total. The number of pyridine rings is 1. The fraction of sp³-hybridized carbons (Fsp3) is 0.200. The second kappa shape index (κ2) is 15.5. The Morgan fingerprint density at radius 1 is 0.980 bits per heavy atom. The number of benzene rings is 3. The summed E-state index contributed by atoms with van der Waals surface area (Å²) >= 11 is 5.00. The highest BCUT2D eigenvalue weighted by atomic mass is 79.9. The normalized spacial score (nSPS) is 11.7. The van der Waals surface area contributed by atoms with Gasteiger partial charge >= 0.3 is 0 Å². The van der Waals surface area contributed by atoms with Gasteiger partial charge in [0.2, 0.25) is 0 Å². The number of anilines is 2. The van der Waals surface area contributed by atoms with Crippen molar-refractivity contribution < 1.29 is 21.9 Å². The van der Waals surface area contributed by atoms with E-state index < -0.39 is 15.7 Å². The van der Waals surface area contributed by atoms with E-state index in [0.717, 1.165) is 11.4 Å². The number of rotatable bonds is 14. The Morgan fingerprint density at radius 3 is 2.65 bits per heavy atom. The Balaban J connectivity index is 1.09. The summed E-state index contributed by atoms with van der Waals surface area (Å²) in [5, 5.41) is 6.69. The van der Waals surface area contributed by atoms with E-state index in [1.165, 1.54) is 48.1 Å². The van der Waals surface area contributed by atoms with Gasteiger partial charge in [-0.1, -0.05) is 18.2 Å². The molecular formula is C35H31BrF2N6O3S2. The third kappa shape index (κ3) is 8.81. The van der Waals surface area contributed by atoms with Gasteiger partial charge in [0, 0.05) is 47.2 Å². The lowest BCUT2D eigenvalue weighted by Crippen LogP contribution is -2.27. The maximum Gasteiger partial charge on any atom is 0.196 e. The first kappa shape index (κ1) is 34.5. The molecule has 6 rings (SSSR count). The van der Waals surface area contributed by atoms with Crippen LogP contribution in [-0.4, -0.2) is 59.1 Å². The number of fused-ring (bicyclic) bond motifs is 1. The summed E-state index contributed by atoms with van der Waals surface area (Å²) in [5.74, 6) is 0.311. The van der Waals surface area contributed by atoms with Crippen LogP contribution in [0.1, 0.15) is 17.0 Å². The number of ether oxygens (including phenoxy) is 1. The second-order valence-corrected chi connectivity index (χ2v) is 15.1. The molecule has 3 aromatic heterocycles. The maximum absolute atomic E-state index is 15.3. The van der Waals surface area contributed by atoms with Gasteiger partial charge in [-0.25, -0.2) is 37.1 Å². The van der Waals surface area contributed by atoms with Gasteiger partial charge in [0.15, 0.2) is 14.9 Å². The number of aromatic nitrogens is 4. The van der Waals surface area contributed by atoms with E-state index in [-0.39, 0.29) is 23.2 Å². The van der Waals surface area contributed by atoms with Crippen LogP contribution in [0.5, 0.6) is 5.75 Å². The SMILES string of the molecule is CN(CCCc1nc(-c2cc3c(Nc4ccc(OCc5cccc(F)c5)c(Br)c4)ncnc3cc2F)cs1)CCS(=O)(=O)c1ccccn1. The molecule has 0 bridgehead atoms. The third-order valence-corrected chi connectivity index (χ3v) is 10.8. The minimum atomic E-state index is -3.45. The average molecular weight is 766 g/mol. The van der Waals surface area contributed by atoms with E-state index in [1.54, 1.807) is 36.4 Å². The van der Waals surface area contributed by atoms with Crippen molar-refractivity contribution in [2.24, 2.45) is 0 Å². The molecule has 0 saturated carbocycles. The summed E-state index contributed by atoms with van der Waals surface area (Å²) in [6.07, 6.45) is 4.28. The first-order valence-corrected chi connectivity index (χ1v) is 18.6. The Bertz CT molecular complexity index is 2190. The van der Waals surface area contributed by atoms with E-state index in [4.69, 9.17) is 9.72 Å². The Morgan fingerprint density at radius 2 is 1.86 bits per heavy atom. The number of hydrogen-bond acceptors (Lipinski definition) is 10. The molecule has 9 nitrogen and oxygen atoms in total. The molecule has 0 aliphatic carbocycles. The number of halogens is 3. The molecule has 0 aliphatic rings. The molecule has 3 aromatic carbocycles. The highest BCUT2D eigenvalue weighted by Gasteiger charge is 2.17. The van der Waals surface area contributed by atoms with Crippen LogP contribution in [0.15, 0.2) is 100 Å². The third-order valence-electron chi connectivity index (χ3n) is 7.66. The fourth-order valence-corrected chi connectivity index (χ4v) is 7.67. The van der Waals surface area contributed by atoms with Crippen LogP contribution >= 0.6 is 27.3 Å². The number of hydrogen-bond donors (Lipinski definition) is 1. The lowest BCUT2D eigenvalue weighted by molar-refractivity contribution is 0.303. The first-order valence-electron chi connectivity index (χ1n) is 15.3. The van der Waals surface area contributed by atoms with Gasteiger partial charge in [0.1, 0.15) is 36.1 Å². The van der Waals surface area contributed by atoms with Crippen LogP contribution in [0.4, 0.5) is 20.3 Å². The molecular weight excluding hydrogens is 734 g/mol. The average Bonchev–Trinajstić information content (AvgIpc) is 3.56. The summed E-state index contributed by atoms with van der Waals surface area (Å²) in [5.41, 5.74) is 2.73. The molecule has 0 amide bonds. The van der Waals surface area contributed by atoms with E-state index in [9.17, 15) is 12.8 Å². The number of aryl methyl sites for hydroxylation is 1. The van der Waals surface area contributed by atoms with Crippen molar-refractivity contribution in [3.05, 3.63) is 117 Å². The Hall–Kier alpha value is -4.37. The molecule has 0 spiro atoms. The molecule has 3 heterocycles. The van der Waals surface area contributed by atoms with Gasteiger partial charge in [0.05, 0.1) is 26.4 Å². The Kier molecular flexibility index (Phi) is 10.9. The van der Waals surface area contributed by atoms with E-state index in [1.807, 2.05) is 29.5 Å². The van der Waals surface area contributed by atoms with Crippen LogP contribution in [0.2, 0.25) is 0 Å². The molecule has 0 aliphatic heterocycles. The zero-order valence-electron chi connectivity index (χ0n) is 26.3. The van der Waals surface area contributed by atoms with Crippen LogP contribution in [-0.2, 0) is 22.9 Å². The standard InChI is InChI=1S/C35H31BrF2N6O3S2/c1-44(14-15-49(45,46)34-9-2-3-12-39-34)13-5-8-33-43-31(21-48-33)26-18-27-30(19-29(26)38)40-22-41-35(27)42-25-10-11-32(28(36)17-25)47-20-23-6-4-7-24(37)16-23/h2-4,6-7,9-12,16-19,21-22H,5,8,13-15,20H2,1H3,(H,40,41,42). The smallest absolute Gasteiger partial charge is 0.196 e. The van der Waals surface area contributed by atoms with Gasteiger partial charge in [-0.3, -0.25) is 0 Å². The van der Waals surface area contributed by atoms with Crippen molar-refractivity contribution in [3.8, 4) is 17.0 Å². The lowest BCUT2D eigenvalue weighted by Gasteiger charge is -2.15. The summed E-state index contributed by atoms with van der Waals surface area (Å²) in [7, 11) is -1.56. The van der Waals surface area contributed by atoms with Crippen molar-refractivity contribution >= 4 is 59.5 Å².